The van der Waals surface area contributed by atoms with Crippen molar-refractivity contribution in [3.05, 3.63) is 35.9 Å². The second kappa shape index (κ2) is 9.53. The van der Waals surface area contributed by atoms with Crippen LogP contribution < -0.4 is 5.32 Å². The summed E-state index contributed by atoms with van der Waals surface area (Å²) < 4.78 is 11.7. The van der Waals surface area contributed by atoms with Crippen LogP contribution in [0.5, 0.6) is 0 Å². The molecule has 100 valence electrons. The molecule has 1 rings (SSSR count). The molecule has 0 amide bonds. The van der Waals surface area contributed by atoms with Crippen LogP contribution in [-0.2, 0) is 16.6 Å². The van der Waals surface area contributed by atoms with Gasteiger partial charge in [-0.15, -0.1) is 0 Å². The van der Waals surface area contributed by atoms with Gasteiger partial charge in [-0.2, -0.15) is 0 Å². The minimum absolute atomic E-state index is 0.674. The highest BCUT2D eigenvalue weighted by atomic mass is 32.2. The third-order valence-electron chi connectivity index (χ3n) is 2.34. The molecule has 0 aliphatic rings. The van der Waals surface area contributed by atoms with Crippen molar-refractivity contribution in [3.8, 4) is 0 Å². The molecule has 5 heteroatoms. The van der Waals surface area contributed by atoms with Crippen molar-refractivity contribution in [1.82, 2.24) is 5.32 Å². The molecule has 18 heavy (non-hydrogen) atoms. The third-order valence-corrected chi connectivity index (χ3v) is 4.59. The summed E-state index contributed by atoms with van der Waals surface area (Å²) in [4.78, 5) is 0. The van der Waals surface area contributed by atoms with Crippen molar-refractivity contribution >= 4 is 39.1 Å². The summed E-state index contributed by atoms with van der Waals surface area (Å²) in [5.74, 6) is 1.69. The van der Waals surface area contributed by atoms with Crippen molar-refractivity contribution in [2.24, 2.45) is 0 Å². The van der Waals surface area contributed by atoms with Gasteiger partial charge in [-0.1, -0.05) is 54.3 Å². The zero-order valence-electron chi connectivity index (χ0n) is 10.6. The zero-order chi connectivity index (χ0) is 13.2. The molecule has 1 aromatic carbocycles. The van der Waals surface area contributed by atoms with E-state index in [0.717, 1.165) is 35.2 Å². The number of unbranched alkanes of at least 4 members (excludes halogenated alkanes) is 1. The summed E-state index contributed by atoms with van der Waals surface area (Å²) in [5, 5.41) is 3.22. The van der Waals surface area contributed by atoms with Crippen LogP contribution in [-0.4, -0.2) is 27.1 Å². The van der Waals surface area contributed by atoms with Gasteiger partial charge in [0.25, 0.3) is 0 Å². The first kappa shape index (κ1) is 15.7. The van der Waals surface area contributed by atoms with Gasteiger partial charge in [0.2, 0.25) is 0 Å². The molecule has 0 aliphatic heterocycles. The number of hydrogen-bond donors (Lipinski definition) is 1. The molecule has 0 spiro atoms. The Morgan fingerprint density at radius 3 is 2.72 bits per heavy atom. The molecule has 0 bridgehead atoms. The summed E-state index contributed by atoms with van der Waals surface area (Å²) in [6.07, 6.45) is 3.75. The molecular weight excluding hydrogens is 282 g/mol. The van der Waals surface area contributed by atoms with Crippen molar-refractivity contribution in [2.75, 3.05) is 18.6 Å². The van der Waals surface area contributed by atoms with Gasteiger partial charge in [0.15, 0.2) is 0 Å². The first-order valence-corrected chi connectivity index (χ1v) is 9.05. The number of benzene rings is 1. The van der Waals surface area contributed by atoms with Gasteiger partial charge in [-0.25, -0.2) is 0 Å². The standard InChI is InChI=1S/C13H19NOS3/c1-18(15)10-6-5-9-14-13(16)17-11-12-7-3-2-4-8-12/h2-4,7-8H,5-6,9-11H2,1H3,(H,14,16). The first-order valence-electron chi connectivity index (χ1n) is 5.93. The lowest BCUT2D eigenvalue weighted by Crippen LogP contribution is -2.20. The molecular formula is C13H19NOS3. The minimum atomic E-state index is -0.674. The molecule has 0 saturated heterocycles. The van der Waals surface area contributed by atoms with Crippen LogP contribution in [0.2, 0.25) is 0 Å². The Balaban J connectivity index is 2.06. The van der Waals surface area contributed by atoms with Crippen LogP contribution in [0.15, 0.2) is 30.3 Å². The van der Waals surface area contributed by atoms with Crippen LogP contribution in [0.25, 0.3) is 0 Å². The zero-order valence-corrected chi connectivity index (χ0v) is 13.0. The molecule has 0 radical (unpaired) electrons. The summed E-state index contributed by atoms with van der Waals surface area (Å²) in [6, 6.07) is 10.3. The van der Waals surface area contributed by atoms with Crippen molar-refractivity contribution in [2.45, 2.75) is 18.6 Å². The van der Waals surface area contributed by atoms with Crippen LogP contribution >= 0.6 is 24.0 Å². The van der Waals surface area contributed by atoms with E-state index in [4.69, 9.17) is 12.2 Å². The molecule has 1 aromatic rings. The maximum absolute atomic E-state index is 10.9. The van der Waals surface area contributed by atoms with Gasteiger partial charge in [0, 0.05) is 35.1 Å². The minimum Gasteiger partial charge on any atom is -0.371 e. The second-order valence-corrected chi connectivity index (χ2v) is 7.18. The maximum Gasteiger partial charge on any atom is 0.134 e. The molecule has 0 saturated carbocycles. The molecule has 0 fully saturated rings. The molecule has 0 heterocycles. The molecule has 1 atom stereocenters. The van der Waals surface area contributed by atoms with E-state index in [0.29, 0.717) is 0 Å². The van der Waals surface area contributed by atoms with Crippen LogP contribution in [0.1, 0.15) is 18.4 Å². The average molecular weight is 302 g/mol. The lowest BCUT2D eigenvalue weighted by atomic mass is 10.2. The van der Waals surface area contributed by atoms with Crippen LogP contribution in [0.3, 0.4) is 0 Å². The number of thiocarbonyl (C=S) groups is 1. The lowest BCUT2D eigenvalue weighted by molar-refractivity contribution is 0.680. The normalized spacial score (nSPS) is 12.1. The highest BCUT2D eigenvalue weighted by Gasteiger charge is 1.98. The van der Waals surface area contributed by atoms with Crippen molar-refractivity contribution < 1.29 is 4.21 Å². The quantitative estimate of drug-likeness (QED) is 0.619. The Morgan fingerprint density at radius 1 is 1.33 bits per heavy atom. The average Bonchev–Trinajstić information content (AvgIpc) is 2.37. The predicted octanol–water partition coefficient (Wildman–Crippen LogP) is 2.95. The predicted molar refractivity (Wildman–Crippen MR) is 86.5 cm³/mol. The fourth-order valence-corrected chi connectivity index (χ4v) is 2.98. The van der Waals surface area contributed by atoms with Gasteiger partial charge < -0.3 is 5.32 Å². The fraction of sp³-hybridized carbons (Fsp3) is 0.462. The van der Waals surface area contributed by atoms with Gasteiger partial charge in [-0.3, -0.25) is 4.21 Å². The fourth-order valence-electron chi connectivity index (χ4n) is 1.39. The van der Waals surface area contributed by atoms with E-state index in [1.54, 1.807) is 18.0 Å². The van der Waals surface area contributed by atoms with Crippen LogP contribution in [0, 0.1) is 0 Å². The molecule has 1 N–H and O–H groups in total. The van der Waals surface area contributed by atoms with Gasteiger partial charge in [0.1, 0.15) is 4.32 Å². The van der Waals surface area contributed by atoms with Crippen molar-refractivity contribution in [1.29, 1.82) is 0 Å². The Labute approximate surface area is 121 Å². The van der Waals surface area contributed by atoms with E-state index >= 15 is 0 Å². The summed E-state index contributed by atoms with van der Waals surface area (Å²) >= 11 is 6.90. The van der Waals surface area contributed by atoms with E-state index in [9.17, 15) is 4.21 Å². The van der Waals surface area contributed by atoms with E-state index in [1.807, 2.05) is 18.2 Å². The Bertz CT molecular complexity index is 381. The SMILES string of the molecule is CS(=O)CCCCNC(=S)SCc1ccccc1. The summed E-state index contributed by atoms with van der Waals surface area (Å²) in [7, 11) is -0.674. The first-order chi connectivity index (χ1) is 8.68. The van der Waals surface area contributed by atoms with Crippen molar-refractivity contribution in [3.63, 3.8) is 0 Å². The molecule has 0 aliphatic carbocycles. The third kappa shape index (κ3) is 7.84. The van der Waals surface area contributed by atoms with E-state index in [1.165, 1.54) is 5.56 Å². The maximum atomic E-state index is 10.9. The van der Waals surface area contributed by atoms with E-state index in [2.05, 4.69) is 17.4 Å². The number of hydrogen-bond acceptors (Lipinski definition) is 3. The second-order valence-electron chi connectivity index (χ2n) is 3.97. The Hall–Kier alpha value is -0.390. The highest BCUT2D eigenvalue weighted by Crippen LogP contribution is 2.12. The Morgan fingerprint density at radius 2 is 2.06 bits per heavy atom. The highest BCUT2D eigenvalue weighted by molar-refractivity contribution is 8.22. The molecule has 1 unspecified atom stereocenters. The monoisotopic (exact) mass is 301 g/mol. The van der Waals surface area contributed by atoms with Crippen LogP contribution in [0.4, 0.5) is 0 Å². The van der Waals surface area contributed by atoms with Gasteiger partial charge in [-0.05, 0) is 18.4 Å². The number of rotatable bonds is 7. The van der Waals surface area contributed by atoms with E-state index < -0.39 is 10.8 Å². The Kier molecular flexibility index (Phi) is 8.29. The smallest absolute Gasteiger partial charge is 0.134 e. The summed E-state index contributed by atoms with van der Waals surface area (Å²) in [6.45, 7) is 0.873. The molecule has 0 aromatic heterocycles. The number of nitrogens with one attached hydrogen (secondary N) is 1. The van der Waals surface area contributed by atoms with E-state index in [-0.39, 0.29) is 0 Å². The van der Waals surface area contributed by atoms with Gasteiger partial charge >= 0.3 is 0 Å². The molecule has 2 nitrogen and oxygen atoms in total. The lowest BCUT2D eigenvalue weighted by Gasteiger charge is -2.07. The van der Waals surface area contributed by atoms with Gasteiger partial charge in [0.05, 0.1) is 0 Å². The summed E-state index contributed by atoms with van der Waals surface area (Å²) in [5.41, 5.74) is 1.29. The number of thioether (sulfide) groups is 1. The largest absolute Gasteiger partial charge is 0.371 e. The topological polar surface area (TPSA) is 29.1 Å².